The molecule has 16 heavy (non-hydrogen) atoms. The Morgan fingerprint density at radius 2 is 1.38 bits per heavy atom. The second-order valence-electron chi connectivity index (χ2n) is 4.26. The Hall–Kier alpha value is -0.960. The summed E-state index contributed by atoms with van der Waals surface area (Å²) in [6, 6.07) is 0. The maximum Gasteiger partial charge on any atom is 0.115 e. The molecule has 0 fully saturated rings. The highest BCUT2D eigenvalue weighted by Crippen LogP contribution is 2.09. The van der Waals surface area contributed by atoms with Gasteiger partial charge in [-0.05, 0) is 31.4 Å². The summed E-state index contributed by atoms with van der Waals surface area (Å²) in [5, 5.41) is 0. The molecule has 0 aromatic carbocycles. The van der Waals surface area contributed by atoms with E-state index in [1.54, 1.807) is 6.33 Å². The fourth-order valence-corrected chi connectivity index (χ4v) is 1.82. The molecule has 2 N–H and O–H groups in total. The minimum absolute atomic E-state index is 0.841. The topological polar surface area (TPSA) is 51.8 Å². The largest absolute Gasteiger partial charge is 0.330 e. The van der Waals surface area contributed by atoms with E-state index < -0.39 is 0 Å². The van der Waals surface area contributed by atoms with Gasteiger partial charge < -0.3 is 5.73 Å². The van der Waals surface area contributed by atoms with E-state index in [1.165, 1.54) is 50.5 Å². The average molecular weight is 221 g/mol. The van der Waals surface area contributed by atoms with Crippen molar-refractivity contribution >= 4 is 0 Å². The van der Waals surface area contributed by atoms with Gasteiger partial charge in [0, 0.05) is 12.4 Å². The molecule has 1 rings (SSSR count). The third-order valence-corrected chi connectivity index (χ3v) is 2.78. The summed E-state index contributed by atoms with van der Waals surface area (Å²) in [5.41, 5.74) is 6.70. The second kappa shape index (κ2) is 9.28. The third kappa shape index (κ3) is 6.51. The molecule has 3 nitrogen and oxygen atoms in total. The van der Waals surface area contributed by atoms with Crippen molar-refractivity contribution in [2.45, 2.75) is 51.4 Å². The van der Waals surface area contributed by atoms with Crippen molar-refractivity contribution in [2.75, 3.05) is 6.54 Å². The fraction of sp³-hybridized carbons (Fsp3) is 0.692. The van der Waals surface area contributed by atoms with Crippen LogP contribution in [0.25, 0.3) is 0 Å². The molecule has 1 heterocycles. The molecule has 3 heteroatoms. The van der Waals surface area contributed by atoms with Gasteiger partial charge >= 0.3 is 0 Å². The molecule has 1 aromatic rings. The van der Waals surface area contributed by atoms with E-state index in [2.05, 4.69) is 9.97 Å². The van der Waals surface area contributed by atoms with Crippen LogP contribution >= 0.6 is 0 Å². The number of hydrogen-bond donors (Lipinski definition) is 1. The minimum Gasteiger partial charge on any atom is -0.330 e. The number of rotatable bonds is 9. The van der Waals surface area contributed by atoms with Crippen LogP contribution < -0.4 is 5.73 Å². The van der Waals surface area contributed by atoms with Gasteiger partial charge in [0.15, 0.2) is 0 Å². The van der Waals surface area contributed by atoms with E-state index in [0.717, 1.165) is 13.0 Å². The Morgan fingerprint density at radius 1 is 0.812 bits per heavy atom. The van der Waals surface area contributed by atoms with Crippen LogP contribution in [0.1, 0.15) is 50.5 Å². The molecule has 0 saturated carbocycles. The predicted octanol–water partition coefficient (Wildman–Crippen LogP) is 2.71. The first kappa shape index (κ1) is 13.1. The number of unbranched alkanes of at least 4 members (excludes halogenated alkanes) is 6. The van der Waals surface area contributed by atoms with Crippen molar-refractivity contribution in [1.29, 1.82) is 0 Å². The molecule has 90 valence electrons. The first-order chi connectivity index (χ1) is 7.93. The smallest absolute Gasteiger partial charge is 0.115 e. The average Bonchev–Trinajstić information content (AvgIpc) is 2.34. The lowest BCUT2D eigenvalue weighted by Gasteiger charge is -2.01. The lowest BCUT2D eigenvalue weighted by molar-refractivity contribution is 0.581. The van der Waals surface area contributed by atoms with Gasteiger partial charge in [0.2, 0.25) is 0 Å². The highest BCUT2D eigenvalue weighted by Gasteiger charge is 1.94. The van der Waals surface area contributed by atoms with E-state index in [0.29, 0.717) is 0 Å². The van der Waals surface area contributed by atoms with E-state index in [4.69, 9.17) is 5.73 Å². The van der Waals surface area contributed by atoms with Crippen LogP contribution in [0.4, 0.5) is 0 Å². The number of aryl methyl sites for hydroxylation is 1. The Bertz CT molecular complexity index is 249. The van der Waals surface area contributed by atoms with E-state index >= 15 is 0 Å². The first-order valence-electron chi connectivity index (χ1n) is 6.37. The van der Waals surface area contributed by atoms with Gasteiger partial charge in [-0.25, -0.2) is 9.97 Å². The zero-order valence-electron chi connectivity index (χ0n) is 10.1. The molecule has 1 aromatic heterocycles. The van der Waals surface area contributed by atoms with Gasteiger partial charge in [-0.2, -0.15) is 0 Å². The minimum atomic E-state index is 0.841. The monoisotopic (exact) mass is 221 g/mol. The molecule has 0 saturated heterocycles. The Kier molecular flexibility index (Phi) is 7.60. The van der Waals surface area contributed by atoms with Crippen LogP contribution in [0.3, 0.4) is 0 Å². The highest BCUT2D eigenvalue weighted by molar-refractivity contribution is 5.01. The zero-order chi connectivity index (χ0) is 11.5. The SMILES string of the molecule is NCCCCCCCCCc1cncnc1. The van der Waals surface area contributed by atoms with Gasteiger partial charge in [0.25, 0.3) is 0 Å². The molecule has 0 radical (unpaired) electrons. The van der Waals surface area contributed by atoms with Crippen molar-refractivity contribution in [3.8, 4) is 0 Å². The molecular formula is C13H23N3. The van der Waals surface area contributed by atoms with Gasteiger partial charge in [-0.3, -0.25) is 0 Å². The van der Waals surface area contributed by atoms with Crippen LogP contribution in [0.2, 0.25) is 0 Å². The van der Waals surface area contributed by atoms with Crippen LogP contribution in [0, 0.1) is 0 Å². The van der Waals surface area contributed by atoms with Crippen LogP contribution in [-0.2, 0) is 6.42 Å². The quantitative estimate of drug-likeness (QED) is 0.652. The number of nitrogens with two attached hydrogens (primary N) is 1. The molecular weight excluding hydrogens is 198 g/mol. The molecule has 0 spiro atoms. The lowest BCUT2D eigenvalue weighted by Crippen LogP contribution is -1.97. The maximum absolute atomic E-state index is 5.44. The van der Waals surface area contributed by atoms with E-state index in [-0.39, 0.29) is 0 Å². The maximum atomic E-state index is 5.44. The lowest BCUT2D eigenvalue weighted by atomic mass is 10.1. The highest BCUT2D eigenvalue weighted by atomic mass is 14.8. The van der Waals surface area contributed by atoms with Crippen molar-refractivity contribution in [3.63, 3.8) is 0 Å². The summed E-state index contributed by atoms with van der Waals surface area (Å²) in [7, 11) is 0. The summed E-state index contributed by atoms with van der Waals surface area (Å²) >= 11 is 0. The predicted molar refractivity (Wildman–Crippen MR) is 67.1 cm³/mol. The molecule has 0 unspecified atom stereocenters. The standard InChI is InChI=1S/C13H23N3/c14-9-7-5-3-1-2-4-6-8-13-10-15-12-16-11-13/h10-12H,1-9,14H2. The third-order valence-electron chi connectivity index (χ3n) is 2.78. The van der Waals surface area contributed by atoms with Crippen LogP contribution in [0.5, 0.6) is 0 Å². The number of hydrogen-bond acceptors (Lipinski definition) is 3. The summed E-state index contributed by atoms with van der Waals surface area (Å²) in [4.78, 5) is 8.02. The summed E-state index contributed by atoms with van der Waals surface area (Å²) < 4.78 is 0. The van der Waals surface area contributed by atoms with Crippen molar-refractivity contribution in [2.24, 2.45) is 5.73 Å². The van der Waals surface area contributed by atoms with Crippen molar-refractivity contribution < 1.29 is 0 Å². The molecule has 0 amide bonds. The molecule has 0 aliphatic heterocycles. The van der Waals surface area contributed by atoms with Gasteiger partial charge in [0.1, 0.15) is 6.33 Å². The zero-order valence-corrected chi connectivity index (χ0v) is 10.1. The van der Waals surface area contributed by atoms with Gasteiger partial charge in [0.05, 0.1) is 0 Å². The molecule has 0 atom stereocenters. The summed E-state index contributed by atoms with van der Waals surface area (Å²) in [5.74, 6) is 0. The van der Waals surface area contributed by atoms with Crippen molar-refractivity contribution in [1.82, 2.24) is 9.97 Å². The second-order valence-corrected chi connectivity index (χ2v) is 4.26. The summed E-state index contributed by atoms with van der Waals surface area (Å²) in [6.07, 6.45) is 15.6. The Balaban J connectivity index is 1.89. The molecule has 0 aliphatic rings. The Labute approximate surface area is 98.5 Å². The summed E-state index contributed by atoms with van der Waals surface area (Å²) in [6.45, 7) is 0.841. The first-order valence-corrected chi connectivity index (χ1v) is 6.37. The number of nitrogens with zero attached hydrogens (tertiary/aromatic N) is 2. The normalized spacial score (nSPS) is 10.6. The van der Waals surface area contributed by atoms with Crippen molar-refractivity contribution in [3.05, 3.63) is 24.3 Å². The van der Waals surface area contributed by atoms with Crippen LogP contribution in [-0.4, -0.2) is 16.5 Å². The Morgan fingerprint density at radius 3 is 2.00 bits per heavy atom. The van der Waals surface area contributed by atoms with Crippen LogP contribution in [0.15, 0.2) is 18.7 Å². The van der Waals surface area contributed by atoms with Gasteiger partial charge in [-0.1, -0.05) is 32.1 Å². The molecule has 0 bridgehead atoms. The van der Waals surface area contributed by atoms with E-state index in [1.807, 2.05) is 12.4 Å². The van der Waals surface area contributed by atoms with Gasteiger partial charge in [-0.15, -0.1) is 0 Å². The van der Waals surface area contributed by atoms with E-state index in [9.17, 15) is 0 Å². The number of aromatic nitrogens is 2. The molecule has 0 aliphatic carbocycles. The fourth-order valence-electron chi connectivity index (χ4n) is 1.82.